The SMILES string of the molecule is CC[N+](CC)=S(C)C.F[B-](F)(F)F. The lowest BCUT2D eigenvalue weighted by Gasteiger charge is -1.96. The summed E-state index contributed by atoms with van der Waals surface area (Å²) in [5.74, 6) is 0. The molecule has 13 heavy (non-hydrogen) atoms. The summed E-state index contributed by atoms with van der Waals surface area (Å²) >= 11 is 0. The van der Waals surface area contributed by atoms with E-state index in [2.05, 4.69) is 30.3 Å². The van der Waals surface area contributed by atoms with Crippen molar-refractivity contribution in [3.8, 4) is 0 Å². The van der Waals surface area contributed by atoms with Crippen LogP contribution < -0.4 is 0 Å². The van der Waals surface area contributed by atoms with Gasteiger partial charge in [-0.15, -0.1) is 0 Å². The summed E-state index contributed by atoms with van der Waals surface area (Å²) in [6.07, 6.45) is 4.51. The average Bonchev–Trinajstić information content (AvgIpc) is 1.85. The molecule has 0 spiro atoms. The molecule has 0 aromatic carbocycles. The van der Waals surface area contributed by atoms with E-state index in [1.807, 2.05) is 0 Å². The fourth-order valence-corrected chi connectivity index (χ4v) is 1.77. The maximum Gasteiger partial charge on any atom is 0.673 e. The minimum atomic E-state index is -6.00. The molecule has 0 atom stereocenters. The molecule has 7 heteroatoms. The molecule has 82 valence electrons. The quantitative estimate of drug-likeness (QED) is 0.382. The maximum atomic E-state index is 9.75. The first-order valence-electron chi connectivity index (χ1n) is 3.92. The van der Waals surface area contributed by atoms with Crippen LogP contribution >= 0.6 is 0 Å². The standard InChI is InChI=1S/C6H16NS.BF4/c1-5-7(6-2)8(3)4;2-1(3,4)5/h5-6H2,1-4H3;/q+1;-1. The normalized spacial score (nSPS) is 10.8. The van der Waals surface area contributed by atoms with Crippen LogP contribution in [0.5, 0.6) is 0 Å². The molecule has 0 heterocycles. The van der Waals surface area contributed by atoms with Gasteiger partial charge in [0.15, 0.2) is 0 Å². The van der Waals surface area contributed by atoms with Crippen molar-refractivity contribution >= 4 is 17.9 Å². The van der Waals surface area contributed by atoms with Gasteiger partial charge in [-0.3, -0.25) is 0 Å². The van der Waals surface area contributed by atoms with Gasteiger partial charge in [0.2, 0.25) is 0 Å². The molecule has 0 rings (SSSR count). The zero-order valence-electron chi connectivity index (χ0n) is 8.36. The van der Waals surface area contributed by atoms with E-state index in [-0.39, 0.29) is 0 Å². The van der Waals surface area contributed by atoms with E-state index < -0.39 is 7.25 Å². The van der Waals surface area contributed by atoms with Gasteiger partial charge in [0.05, 0.1) is 0 Å². The summed E-state index contributed by atoms with van der Waals surface area (Å²) in [5, 5.41) is 0. The molecule has 0 fully saturated rings. The molecule has 0 saturated carbocycles. The minimum Gasteiger partial charge on any atom is -0.418 e. The molecule has 0 radical (unpaired) electrons. The Morgan fingerprint density at radius 1 is 1.00 bits per heavy atom. The Morgan fingerprint density at radius 2 is 1.23 bits per heavy atom. The largest absolute Gasteiger partial charge is 0.673 e. The van der Waals surface area contributed by atoms with Gasteiger partial charge in [-0.1, -0.05) is 0 Å². The number of halogens is 4. The molecule has 1 nitrogen and oxygen atoms in total. The topological polar surface area (TPSA) is 3.01 Å². The smallest absolute Gasteiger partial charge is 0.418 e. The molecule has 0 aliphatic heterocycles. The van der Waals surface area contributed by atoms with Crippen LogP contribution in [0.25, 0.3) is 0 Å². The summed E-state index contributed by atoms with van der Waals surface area (Å²) in [6.45, 7) is 6.78. The first-order valence-corrected chi connectivity index (χ1v) is 5.92. The van der Waals surface area contributed by atoms with Crippen molar-refractivity contribution in [3.63, 3.8) is 0 Å². The van der Waals surface area contributed by atoms with Crippen molar-refractivity contribution in [1.29, 1.82) is 0 Å². The van der Waals surface area contributed by atoms with E-state index in [1.54, 1.807) is 0 Å². The molecule has 0 aliphatic rings. The van der Waals surface area contributed by atoms with Crippen molar-refractivity contribution in [2.75, 3.05) is 25.6 Å². The van der Waals surface area contributed by atoms with Crippen LogP contribution in [-0.2, 0) is 10.7 Å². The Bertz CT molecular complexity index is 153. The van der Waals surface area contributed by atoms with Crippen LogP contribution in [0.3, 0.4) is 0 Å². The third kappa shape index (κ3) is 18.7. The summed E-state index contributed by atoms with van der Waals surface area (Å²) < 4.78 is 41.4. The van der Waals surface area contributed by atoms with Gasteiger partial charge in [0.1, 0.15) is 13.1 Å². The van der Waals surface area contributed by atoms with Crippen molar-refractivity contribution in [2.24, 2.45) is 0 Å². The van der Waals surface area contributed by atoms with E-state index in [1.165, 1.54) is 13.1 Å². The average molecular weight is 221 g/mol. The highest BCUT2D eigenvalue weighted by Crippen LogP contribution is 2.06. The van der Waals surface area contributed by atoms with E-state index >= 15 is 0 Å². The molecule has 0 unspecified atom stereocenters. The molecular weight excluding hydrogens is 205 g/mol. The Kier molecular flexibility index (Phi) is 8.71. The van der Waals surface area contributed by atoms with Crippen LogP contribution in [0.4, 0.5) is 17.3 Å². The van der Waals surface area contributed by atoms with E-state index in [0.717, 1.165) is 0 Å². The Morgan fingerprint density at radius 3 is 1.23 bits per heavy atom. The monoisotopic (exact) mass is 221 g/mol. The van der Waals surface area contributed by atoms with Gasteiger partial charge in [-0.05, 0) is 13.8 Å². The molecule has 0 bridgehead atoms. The van der Waals surface area contributed by atoms with Crippen molar-refractivity contribution in [3.05, 3.63) is 0 Å². The Balaban J connectivity index is 0. The number of hydrogen-bond donors (Lipinski definition) is 0. The molecule has 0 aliphatic carbocycles. The Hall–Kier alpha value is -0.0651. The van der Waals surface area contributed by atoms with E-state index in [4.69, 9.17) is 0 Å². The lowest BCUT2D eigenvalue weighted by Crippen LogP contribution is -2.13. The third-order valence-corrected chi connectivity index (χ3v) is 2.77. The number of rotatable bonds is 2. The third-order valence-electron chi connectivity index (χ3n) is 1.22. The van der Waals surface area contributed by atoms with Gasteiger partial charge < -0.3 is 17.3 Å². The number of hydrogen-bond acceptors (Lipinski definition) is 0. The lowest BCUT2D eigenvalue weighted by atomic mass is 10.3. The van der Waals surface area contributed by atoms with Crippen LogP contribution in [0.15, 0.2) is 0 Å². The molecule has 0 saturated heterocycles. The van der Waals surface area contributed by atoms with E-state index in [9.17, 15) is 17.3 Å². The van der Waals surface area contributed by atoms with Crippen molar-refractivity contribution in [2.45, 2.75) is 13.8 Å². The molecular formula is C6H16BF4NS. The van der Waals surface area contributed by atoms with E-state index in [0.29, 0.717) is 10.7 Å². The van der Waals surface area contributed by atoms with Gasteiger partial charge in [-0.2, -0.15) is 0 Å². The predicted octanol–water partition coefficient (Wildman–Crippen LogP) is 2.40. The summed E-state index contributed by atoms with van der Waals surface area (Å²) in [5.41, 5.74) is 0. The first kappa shape index (κ1) is 15.4. The van der Waals surface area contributed by atoms with Crippen molar-refractivity contribution in [1.82, 2.24) is 0 Å². The fraction of sp³-hybridized carbons (Fsp3) is 1.00. The highest BCUT2D eigenvalue weighted by atomic mass is 32.2. The zero-order chi connectivity index (χ0) is 11.1. The molecule has 0 aromatic rings. The minimum absolute atomic E-state index is 0.480. The van der Waals surface area contributed by atoms with Gasteiger partial charge in [-0.25, -0.2) is 3.95 Å². The second-order valence-electron chi connectivity index (χ2n) is 2.38. The van der Waals surface area contributed by atoms with Gasteiger partial charge >= 0.3 is 7.25 Å². The van der Waals surface area contributed by atoms with Crippen LogP contribution in [0, 0.1) is 0 Å². The molecule has 0 aromatic heterocycles. The highest BCUT2D eigenvalue weighted by Gasteiger charge is 2.20. The second-order valence-corrected chi connectivity index (χ2v) is 4.45. The highest BCUT2D eigenvalue weighted by molar-refractivity contribution is 7.83. The fourth-order valence-electron chi connectivity index (χ4n) is 0.740. The van der Waals surface area contributed by atoms with Crippen molar-refractivity contribution < 1.29 is 21.2 Å². The van der Waals surface area contributed by atoms with Gasteiger partial charge in [0, 0.05) is 23.2 Å². The van der Waals surface area contributed by atoms with Gasteiger partial charge in [0.25, 0.3) is 0 Å². The summed E-state index contributed by atoms with van der Waals surface area (Å²) in [7, 11) is -5.52. The second kappa shape index (κ2) is 7.35. The first-order chi connectivity index (χ1) is 5.72. The maximum absolute atomic E-state index is 9.75. The zero-order valence-corrected chi connectivity index (χ0v) is 9.18. The lowest BCUT2D eigenvalue weighted by molar-refractivity contribution is -0.494. The Labute approximate surface area is 79.3 Å². The number of nitrogens with zero attached hydrogens (tertiary/aromatic N) is 1. The molecule has 0 amide bonds. The summed E-state index contributed by atoms with van der Waals surface area (Å²) in [6, 6.07) is 0. The summed E-state index contributed by atoms with van der Waals surface area (Å²) in [4.78, 5) is 0. The molecule has 0 N–H and O–H groups in total. The van der Waals surface area contributed by atoms with Crippen LogP contribution in [0.1, 0.15) is 13.8 Å². The predicted molar refractivity (Wildman–Crippen MR) is 50.7 cm³/mol. The van der Waals surface area contributed by atoms with Crippen LogP contribution in [0.2, 0.25) is 0 Å². The van der Waals surface area contributed by atoms with Crippen LogP contribution in [-0.4, -0.2) is 36.8 Å².